The molecule has 9 atom stereocenters. The largest absolute Gasteiger partial charge is 0.465 e. The van der Waals surface area contributed by atoms with Gasteiger partial charge >= 0.3 is 41.8 Å². The first kappa shape index (κ1) is 122. The zero-order chi connectivity index (χ0) is 98.7. The van der Waals surface area contributed by atoms with Crippen LogP contribution in [-0.4, -0.2) is 85.5 Å². The van der Waals surface area contributed by atoms with Gasteiger partial charge < -0.3 is 33.2 Å². The van der Waals surface area contributed by atoms with Crippen LogP contribution in [0, 0.1) is 94.6 Å². The maximum atomic E-state index is 12.3. The summed E-state index contributed by atoms with van der Waals surface area (Å²) >= 11 is 0. The molecule has 9 unspecified atom stereocenters. The molecule has 0 radical (unpaired) electrons. The second-order valence-electron chi connectivity index (χ2n) is 48.5. The predicted molar refractivity (Wildman–Crippen MR) is 536 cm³/mol. The Morgan fingerprint density at radius 1 is 0.344 bits per heavy atom. The highest BCUT2D eigenvalue weighted by atomic mass is 16.6. The molecule has 7 aliphatic rings. The van der Waals surface area contributed by atoms with Crippen molar-refractivity contribution in [2.24, 2.45) is 94.6 Å². The maximum absolute atomic E-state index is 12.3. The lowest BCUT2D eigenvalue weighted by Gasteiger charge is -2.39. The minimum Gasteiger partial charge on any atom is -0.465 e. The maximum Gasteiger partial charge on any atom is 0.311 e. The molecule has 0 aromatic heterocycles. The molecule has 7 aliphatic carbocycles. The van der Waals surface area contributed by atoms with E-state index in [1.807, 2.05) is 145 Å². The van der Waals surface area contributed by atoms with Gasteiger partial charge in [0.2, 0.25) is 0 Å². The Hall–Kier alpha value is -4.49. The topological polar surface area (TPSA) is 184 Å². The molecular weight excluding hydrogens is 1590 g/mol. The summed E-state index contributed by atoms with van der Waals surface area (Å²) in [6.45, 7) is 83.9. The standard InChI is InChI=1S/2C16H28O2.C16H30O2.2C14H28O2.C14H22.2C12H22O2/c2*1-7-14(2,3)13(17)18-12-10-11-8-9-16(12,6)15(11,4)5;1-7-16(5,6)14(17)18-13-10-8-12(9-11-13)15(2,3)4;2*1-6-9-10-12(7-2)11-16-13(15)14(4,5)8-3;1-6-11(2)12-7-9-13(10-8-12)14(3,4)5;2*1-4-12(2,3)11(13)14-10-8-6-5-7-9-10/h2*11-12H,7-10H2,1-6H3;12-13H,7-11H2,1-6H3;2*12H,6-11H2,1-5H3;7-11H,6H2,1-5H3;2*10H,4-9H2,1-3H3. The molecule has 0 heterocycles. The van der Waals surface area contributed by atoms with E-state index in [-0.39, 0.29) is 126 Å². The molecule has 0 saturated heterocycles. The Bertz CT molecular complexity index is 3190. The van der Waals surface area contributed by atoms with E-state index in [0.29, 0.717) is 47.2 Å². The Morgan fingerprint density at radius 3 is 0.844 bits per heavy atom. The third kappa shape index (κ3) is 37.6. The van der Waals surface area contributed by atoms with Crippen LogP contribution in [0.2, 0.25) is 0 Å². The highest BCUT2D eigenvalue weighted by Gasteiger charge is 2.64. The quantitative estimate of drug-likeness (QED) is 0.0478. The van der Waals surface area contributed by atoms with Crippen molar-refractivity contribution in [2.45, 2.75) is 543 Å². The Morgan fingerprint density at radius 2 is 0.617 bits per heavy atom. The van der Waals surface area contributed by atoms with E-state index in [1.54, 1.807) is 0 Å². The fourth-order valence-corrected chi connectivity index (χ4v) is 17.7. The lowest BCUT2D eigenvalue weighted by atomic mass is 9.70. The van der Waals surface area contributed by atoms with Crippen LogP contribution in [0.15, 0.2) is 24.3 Å². The van der Waals surface area contributed by atoms with Crippen molar-refractivity contribution in [2.75, 3.05) is 13.2 Å². The Balaban J connectivity index is 0.000000733. The van der Waals surface area contributed by atoms with Crippen molar-refractivity contribution >= 4 is 41.8 Å². The molecule has 0 aliphatic heterocycles. The molecular formula is C114H208O14. The summed E-state index contributed by atoms with van der Waals surface area (Å²) in [6, 6.07) is 9.08. The van der Waals surface area contributed by atoms with Gasteiger partial charge in [-0.05, 0) is 345 Å². The summed E-state index contributed by atoms with van der Waals surface area (Å²) in [5, 5.41) is 0. The van der Waals surface area contributed by atoms with E-state index in [4.69, 9.17) is 33.2 Å². The van der Waals surface area contributed by atoms with Gasteiger partial charge in [-0.25, -0.2) is 0 Å². The molecule has 0 N–H and O–H groups in total. The van der Waals surface area contributed by atoms with E-state index in [2.05, 4.69) is 149 Å². The SMILES string of the molecule is CCC(C)(C)C(=O)OC1CC2CCC1(C)C2(C)C.CCC(C)(C)C(=O)OC1CC2CCC1(C)C2(C)C.CCC(C)(C)C(=O)OC1CCC(C(C)(C)C)CC1.CCC(C)(C)C(=O)OC1CCCCC1.CCC(C)(C)C(=O)OC1CCCCC1.CCC(C)c1ccc(C(C)(C)C)cc1.CCCCC(CC)COC(=O)C(C)(C)CC.CCCCC(CC)COC(=O)C(C)(C)CC. The molecule has 0 amide bonds. The van der Waals surface area contributed by atoms with Crippen LogP contribution in [0.4, 0.5) is 0 Å². The molecule has 8 rings (SSSR count). The number of unbranched alkanes of at least 4 members (excludes halogenated alkanes) is 2. The van der Waals surface area contributed by atoms with Gasteiger partial charge in [-0.1, -0.05) is 249 Å². The van der Waals surface area contributed by atoms with Crippen LogP contribution >= 0.6 is 0 Å². The predicted octanol–water partition coefficient (Wildman–Crippen LogP) is 32.4. The highest BCUT2D eigenvalue weighted by molar-refractivity contribution is 5.79. The zero-order valence-electron chi connectivity index (χ0n) is 91.2. The summed E-state index contributed by atoms with van der Waals surface area (Å²) in [5.41, 5.74) is 2.22. The smallest absolute Gasteiger partial charge is 0.311 e. The minimum absolute atomic E-state index is 0.0143. The number of benzene rings is 1. The second kappa shape index (κ2) is 54.3. The Kier molecular flexibility index (Phi) is 51.6. The number of carbonyl (C=O) groups excluding carboxylic acids is 7. The van der Waals surface area contributed by atoms with Crippen molar-refractivity contribution in [1.82, 2.24) is 0 Å². The number of rotatable bonds is 33. The minimum atomic E-state index is -0.345. The van der Waals surface area contributed by atoms with Gasteiger partial charge in [-0.3, -0.25) is 33.6 Å². The van der Waals surface area contributed by atoms with Crippen molar-refractivity contribution in [3.05, 3.63) is 35.4 Å². The molecule has 14 heteroatoms. The van der Waals surface area contributed by atoms with Crippen molar-refractivity contribution in [1.29, 1.82) is 0 Å². The van der Waals surface area contributed by atoms with E-state index in [9.17, 15) is 33.6 Å². The fourth-order valence-electron chi connectivity index (χ4n) is 17.7. The Labute approximate surface area is 790 Å². The van der Waals surface area contributed by atoms with Crippen LogP contribution in [-0.2, 0) is 72.1 Å². The number of hydrogen-bond acceptors (Lipinski definition) is 14. The van der Waals surface area contributed by atoms with Crippen LogP contribution in [0.3, 0.4) is 0 Å². The van der Waals surface area contributed by atoms with Gasteiger partial charge in [-0.2, -0.15) is 0 Å². The van der Waals surface area contributed by atoms with Crippen LogP contribution in [0.1, 0.15) is 518 Å². The van der Waals surface area contributed by atoms with Crippen molar-refractivity contribution in [3.8, 4) is 0 Å². The summed E-state index contributed by atoms with van der Waals surface area (Å²) in [6.07, 6.45) is 40.6. The van der Waals surface area contributed by atoms with Crippen LogP contribution in [0.5, 0.6) is 0 Å². The summed E-state index contributed by atoms with van der Waals surface area (Å²) in [7, 11) is 0. The number of carbonyl (C=O) groups is 7. The van der Waals surface area contributed by atoms with Crippen molar-refractivity contribution < 1.29 is 66.7 Å². The number of hydrogen-bond donors (Lipinski definition) is 0. The van der Waals surface area contributed by atoms with Gasteiger partial charge in [0.05, 0.1) is 51.1 Å². The van der Waals surface area contributed by atoms with E-state index in [1.165, 1.54) is 133 Å². The van der Waals surface area contributed by atoms with E-state index in [0.717, 1.165) is 127 Å². The van der Waals surface area contributed by atoms with Crippen LogP contribution in [0.25, 0.3) is 0 Å². The fraction of sp³-hybridized carbons (Fsp3) is 0.886. The number of fused-ring (bicyclic) bond motifs is 4. The third-order valence-corrected chi connectivity index (χ3v) is 33.8. The number of esters is 7. The van der Waals surface area contributed by atoms with Gasteiger partial charge in [-0.15, -0.1) is 0 Å². The summed E-state index contributed by atoms with van der Waals surface area (Å²) in [4.78, 5) is 83.6. The van der Waals surface area contributed by atoms with E-state index < -0.39 is 0 Å². The highest BCUT2D eigenvalue weighted by Crippen LogP contribution is 2.68. The molecule has 1 aromatic carbocycles. The van der Waals surface area contributed by atoms with Gasteiger partial charge in [0.1, 0.15) is 30.5 Å². The molecule has 128 heavy (non-hydrogen) atoms. The molecule has 4 bridgehead atoms. The molecule has 1 aromatic rings. The summed E-state index contributed by atoms with van der Waals surface area (Å²) in [5.74, 6) is 3.79. The first-order valence-corrected chi connectivity index (χ1v) is 52.5. The lowest BCUT2D eigenvalue weighted by Crippen LogP contribution is -2.40. The number of ether oxygens (including phenoxy) is 7. The average molecular weight is 1800 g/mol. The van der Waals surface area contributed by atoms with Gasteiger partial charge in [0.25, 0.3) is 0 Å². The van der Waals surface area contributed by atoms with Crippen molar-refractivity contribution in [3.63, 3.8) is 0 Å². The normalized spacial score (nSPS) is 23.5. The molecule has 0 spiro atoms. The zero-order valence-corrected chi connectivity index (χ0v) is 91.2. The first-order valence-electron chi connectivity index (χ1n) is 52.5. The van der Waals surface area contributed by atoms with Crippen LogP contribution < -0.4 is 0 Å². The first-order chi connectivity index (χ1) is 59.0. The molecule has 748 valence electrons. The molecule has 7 saturated carbocycles. The lowest BCUT2D eigenvalue weighted by molar-refractivity contribution is -0.168. The monoisotopic (exact) mass is 1800 g/mol. The molecule has 7 fully saturated rings. The average Bonchev–Trinajstić information content (AvgIpc) is 1.56. The molecule has 14 nitrogen and oxygen atoms in total. The van der Waals surface area contributed by atoms with Gasteiger partial charge in [0, 0.05) is 10.8 Å². The van der Waals surface area contributed by atoms with Gasteiger partial charge in [0.15, 0.2) is 0 Å². The third-order valence-electron chi connectivity index (χ3n) is 33.8. The van der Waals surface area contributed by atoms with E-state index >= 15 is 0 Å². The second-order valence-corrected chi connectivity index (χ2v) is 48.5. The summed E-state index contributed by atoms with van der Waals surface area (Å²) < 4.78 is 39.3.